The van der Waals surface area contributed by atoms with Crippen molar-refractivity contribution in [3.63, 3.8) is 0 Å². The molecule has 1 aliphatic rings. The first-order valence-electron chi connectivity index (χ1n) is 9.41. The molecule has 1 aliphatic heterocycles. The maximum Gasteiger partial charge on any atom is 0.313 e. The Hall–Kier alpha value is -2.96. The first-order chi connectivity index (χ1) is 13.5. The minimum atomic E-state index is -1.03. The first kappa shape index (κ1) is 19.8. The molecule has 0 saturated carbocycles. The summed E-state index contributed by atoms with van der Waals surface area (Å²) in [7, 11) is 0. The van der Waals surface area contributed by atoms with Gasteiger partial charge in [-0.3, -0.25) is 9.59 Å². The number of hydrogen-bond donors (Lipinski definition) is 2. The number of carbonyl (C=O) groups is 2. The van der Waals surface area contributed by atoms with E-state index >= 15 is 0 Å². The third-order valence-corrected chi connectivity index (χ3v) is 4.72. The number of nitrogens with zero attached hydrogens (tertiary/aromatic N) is 1. The summed E-state index contributed by atoms with van der Waals surface area (Å²) in [5.74, 6) is -3.42. The van der Waals surface area contributed by atoms with Crippen molar-refractivity contribution in [2.45, 2.75) is 25.7 Å². The molecule has 148 valence electrons. The van der Waals surface area contributed by atoms with E-state index in [1.54, 1.807) is 0 Å². The van der Waals surface area contributed by atoms with Crippen LogP contribution in [0.25, 0.3) is 0 Å². The number of rotatable bonds is 6. The Kier molecular flexibility index (Phi) is 6.57. The molecule has 1 saturated heterocycles. The number of nitrogens with one attached hydrogen (secondary N) is 2. The molecule has 0 aromatic heterocycles. The Morgan fingerprint density at radius 3 is 2.39 bits per heavy atom. The Morgan fingerprint density at radius 1 is 0.964 bits per heavy atom. The van der Waals surface area contributed by atoms with Gasteiger partial charge >= 0.3 is 11.8 Å². The van der Waals surface area contributed by atoms with Crippen molar-refractivity contribution in [1.82, 2.24) is 5.32 Å². The highest BCUT2D eigenvalue weighted by atomic mass is 19.1. The molecule has 5 nitrogen and oxygen atoms in total. The molecule has 2 N–H and O–H groups in total. The van der Waals surface area contributed by atoms with E-state index in [0.29, 0.717) is 13.0 Å². The van der Waals surface area contributed by atoms with Gasteiger partial charge in [-0.15, -0.1) is 0 Å². The van der Waals surface area contributed by atoms with Crippen LogP contribution >= 0.6 is 0 Å². The standard InChI is InChI=1S/C21H23F2N3O2/c22-16-7-10-18(23)19(14-16)25-21(28)20(27)24-11-3-4-15-5-8-17(9-6-15)26-12-1-2-13-26/h5-10,14H,1-4,11-13H2,(H,24,27)(H,25,28). The molecule has 0 aliphatic carbocycles. The molecule has 3 rings (SSSR count). The average Bonchev–Trinajstić information content (AvgIpc) is 3.23. The molecule has 0 spiro atoms. The molecular weight excluding hydrogens is 364 g/mol. The number of benzene rings is 2. The number of aryl methyl sites for hydroxylation is 1. The van der Waals surface area contributed by atoms with Crippen molar-refractivity contribution in [2.75, 3.05) is 29.9 Å². The van der Waals surface area contributed by atoms with Crippen LogP contribution in [0.1, 0.15) is 24.8 Å². The average molecular weight is 387 g/mol. The van der Waals surface area contributed by atoms with Crippen molar-refractivity contribution in [2.24, 2.45) is 0 Å². The molecule has 2 amide bonds. The van der Waals surface area contributed by atoms with Crippen molar-refractivity contribution < 1.29 is 18.4 Å². The van der Waals surface area contributed by atoms with Gasteiger partial charge < -0.3 is 15.5 Å². The fourth-order valence-corrected chi connectivity index (χ4v) is 3.20. The predicted octanol–water partition coefficient (Wildman–Crippen LogP) is 3.25. The molecule has 0 atom stereocenters. The molecule has 1 fully saturated rings. The molecule has 0 bridgehead atoms. The summed E-state index contributed by atoms with van der Waals surface area (Å²) in [6.07, 6.45) is 3.90. The zero-order chi connectivity index (χ0) is 19.9. The van der Waals surface area contributed by atoms with E-state index in [9.17, 15) is 18.4 Å². The van der Waals surface area contributed by atoms with Gasteiger partial charge in [0.15, 0.2) is 0 Å². The summed E-state index contributed by atoms with van der Waals surface area (Å²) in [5.41, 5.74) is 2.03. The van der Waals surface area contributed by atoms with Gasteiger partial charge in [0.05, 0.1) is 5.69 Å². The van der Waals surface area contributed by atoms with Crippen molar-refractivity contribution in [3.05, 3.63) is 59.7 Å². The first-order valence-corrected chi connectivity index (χ1v) is 9.41. The minimum absolute atomic E-state index is 0.311. The smallest absolute Gasteiger partial charge is 0.313 e. The number of hydrogen-bond acceptors (Lipinski definition) is 3. The fraction of sp³-hybridized carbons (Fsp3) is 0.333. The van der Waals surface area contributed by atoms with Crippen LogP contribution in [0.4, 0.5) is 20.2 Å². The maximum atomic E-state index is 13.5. The second kappa shape index (κ2) is 9.30. The lowest BCUT2D eigenvalue weighted by Gasteiger charge is -2.17. The zero-order valence-corrected chi connectivity index (χ0v) is 15.5. The Balaban J connectivity index is 1.40. The number of halogens is 2. The molecule has 0 unspecified atom stereocenters. The number of anilines is 2. The van der Waals surface area contributed by atoms with Gasteiger partial charge in [-0.1, -0.05) is 12.1 Å². The van der Waals surface area contributed by atoms with Crippen molar-refractivity contribution in [1.29, 1.82) is 0 Å². The predicted molar refractivity (Wildman–Crippen MR) is 104 cm³/mol. The second-order valence-electron chi connectivity index (χ2n) is 6.80. The fourth-order valence-electron chi connectivity index (χ4n) is 3.20. The lowest BCUT2D eigenvalue weighted by atomic mass is 10.1. The topological polar surface area (TPSA) is 61.4 Å². The van der Waals surface area contributed by atoms with Gasteiger partial charge in [-0.25, -0.2) is 8.78 Å². The number of carbonyl (C=O) groups excluding carboxylic acids is 2. The lowest BCUT2D eigenvalue weighted by Crippen LogP contribution is -2.36. The van der Waals surface area contributed by atoms with Crippen LogP contribution in [-0.2, 0) is 16.0 Å². The monoisotopic (exact) mass is 387 g/mol. The summed E-state index contributed by atoms with van der Waals surface area (Å²) in [6, 6.07) is 11.0. The maximum absolute atomic E-state index is 13.5. The summed E-state index contributed by atoms with van der Waals surface area (Å²) < 4.78 is 26.6. The summed E-state index contributed by atoms with van der Waals surface area (Å²) in [5, 5.41) is 4.56. The second-order valence-corrected chi connectivity index (χ2v) is 6.80. The van der Waals surface area contributed by atoms with Gasteiger partial charge in [0.1, 0.15) is 11.6 Å². The quantitative estimate of drug-likeness (QED) is 0.591. The molecule has 2 aromatic carbocycles. The Morgan fingerprint density at radius 2 is 1.68 bits per heavy atom. The van der Waals surface area contributed by atoms with E-state index in [4.69, 9.17) is 0 Å². The molecular formula is C21H23F2N3O2. The van der Waals surface area contributed by atoms with Gasteiger partial charge in [-0.2, -0.15) is 0 Å². The summed E-state index contributed by atoms with van der Waals surface area (Å²) in [6.45, 7) is 2.52. The van der Waals surface area contributed by atoms with E-state index in [2.05, 4.69) is 39.8 Å². The summed E-state index contributed by atoms with van der Waals surface area (Å²) in [4.78, 5) is 26.0. The number of amides is 2. The van der Waals surface area contributed by atoms with Crippen LogP contribution in [0.3, 0.4) is 0 Å². The van der Waals surface area contributed by atoms with Crippen molar-refractivity contribution >= 4 is 23.2 Å². The van der Waals surface area contributed by atoms with E-state index in [1.165, 1.54) is 18.5 Å². The van der Waals surface area contributed by atoms with E-state index in [1.807, 2.05) is 0 Å². The van der Waals surface area contributed by atoms with Gasteiger partial charge in [0.2, 0.25) is 0 Å². The van der Waals surface area contributed by atoms with Crippen LogP contribution in [0, 0.1) is 11.6 Å². The summed E-state index contributed by atoms with van der Waals surface area (Å²) >= 11 is 0. The van der Waals surface area contributed by atoms with Gasteiger partial charge in [-0.05, 0) is 55.5 Å². The van der Waals surface area contributed by atoms with Gasteiger partial charge in [0, 0.05) is 31.4 Å². The molecule has 2 aromatic rings. The largest absolute Gasteiger partial charge is 0.372 e. The van der Waals surface area contributed by atoms with Crippen LogP contribution in [0.2, 0.25) is 0 Å². The van der Waals surface area contributed by atoms with Crippen LogP contribution < -0.4 is 15.5 Å². The normalized spacial score (nSPS) is 13.4. The van der Waals surface area contributed by atoms with Crippen molar-refractivity contribution in [3.8, 4) is 0 Å². The van der Waals surface area contributed by atoms with E-state index < -0.39 is 23.4 Å². The molecule has 1 heterocycles. The Labute approximate surface area is 162 Å². The zero-order valence-electron chi connectivity index (χ0n) is 15.5. The third kappa shape index (κ3) is 5.28. The highest BCUT2D eigenvalue weighted by molar-refractivity contribution is 6.39. The highest BCUT2D eigenvalue weighted by Crippen LogP contribution is 2.20. The molecule has 0 radical (unpaired) electrons. The van der Waals surface area contributed by atoms with Crippen LogP contribution in [0.15, 0.2) is 42.5 Å². The lowest BCUT2D eigenvalue weighted by molar-refractivity contribution is -0.136. The van der Waals surface area contributed by atoms with Gasteiger partial charge in [0.25, 0.3) is 0 Å². The van der Waals surface area contributed by atoms with Crippen LogP contribution in [0.5, 0.6) is 0 Å². The molecule has 7 heteroatoms. The van der Waals surface area contributed by atoms with E-state index in [-0.39, 0.29) is 5.69 Å². The minimum Gasteiger partial charge on any atom is -0.372 e. The SMILES string of the molecule is O=C(NCCCc1ccc(N2CCCC2)cc1)C(=O)Nc1cc(F)ccc1F. The highest BCUT2D eigenvalue weighted by Gasteiger charge is 2.16. The van der Waals surface area contributed by atoms with Crippen LogP contribution in [-0.4, -0.2) is 31.4 Å². The molecule has 28 heavy (non-hydrogen) atoms. The Bertz CT molecular complexity index is 834. The third-order valence-electron chi connectivity index (χ3n) is 4.72. The van der Waals surface area contributed by atoms with E-state index in [0.717, 1.165) is 43.3 Å².